The third-order valence-corrected chi connectivity index (χ3v) is 1.92. The Kier molecular flexibility index (Phi) is 3.51. The minimum absolute atomic E-state index is 0.174. The van der Waals surface area contributed by atoms with Gasteiger partial charge in [-0.25, -0.2) is 4.39 Å². The topological polar surface area (TPSA) is 73.6 Å². The zero-order chi connectivity index (χ0) is 10.7. The maximum Gasteiger partial charge on any atom is 0.141 e. The van der Waals surface area contributed by atoms with Crippen LogP contribution in [0, 0.1) is 12.7 Å². The molecule has 1 aromatic rings. The minimum atomic E-state index is -1.30. The van der Waals surface area contributed by atoms with Crippen LogP contribution in [0.15, 0.2) is 12.3 Å². The molecule has 0 bridgehead atoms. The molecule has 0 amide bonds. The van der Waals surface area contributed by atoms with Gasteiger partial charge in [-0.1, -0.05) is 0 Å². The summed E-state index contributed by atoms with van der Waals surface area (Å²) < 4.78 is 12.6. The van der Waals surface area contributed by atoms with Gasteiger partial charge < -0.3 is 15.3 Å². The van der Waals surface area contributed by atoms with Gasteiger partial charge in [-0.2, -0.15) is 0 Å². The van der Waals surface area contributed by atoms with E-state index in [1.807, 2.05) is 0 Å². The molecule has 78 valence electrons. The van der Waals surface area contributed by atoms with Gasteiger partial charge in [-0.15, -0.1) is 0 Å². The number of pyridine rings is 1. The predicted octanol–water partition coefficient (Wildman–Crippen LogP) is -0.0843. The van der Waals surface area contributed by atoms with Crippen LogP contribution in [0.3, 0.4) is 0 Å². The van der Waals surface area contributed by atoms with Gasteiger partial charge in [0.05, 0.1) is 18.5 Å². The van der Waals surface area contributed by atoms with E-state index in [2.05, 4.69) is 4.98 Å². The summed E-state index contributed by atoms with van der Waals surface area (Å²) in [6.45, 7) is 0.998. The van der Waals surface area contributed by atoms with Crippen molar-refractivity contribution in [2.45, 2.75) is 19.1 Å². The van der Waals surface area contributed by atoms with Crippen molar-refractivity contribution in [3.63, 3.8) is 0 Å². The third-order valence-electron chi connectivity index (χ3n) is 1.92. The third kappa shape index (κ3) is 2.25. The van der Waals surface area contributed by atoms with Crippen molar-refractivity contribution in [3.8, 4) is 0 Å². The van der Waals surface area contributed by atoms with Crippen LogP contribution in [-0.4, -0.2) is 33.0 Å². The maximum absolute atomic E-state index is 12.6. The van der Waals surface area contributed by atoms with E-state index in [0.717, 1.165) is 6.20 Å². The summed E-state index contributed by atoms with van der Waals surface area (Å²) in [4.78, 5) is 3.65. The van der Waals surface area contributed by atoms with Crippen molar-refractivity contribution in [2.75, 3.05) is 6.61 Å². The first kappa shape index (κ1) is 11.0. The highest BCUT2D eigenvalue weighted by Gasteiger charge is 2.20. The number of aliphatic hydroxyl groups excluding tert-OH is 3. The predicted molar refractivity (Wildman–Crippen MR) is 47.0 cm³/mol. The molecule has 0 fully saturated rings. The number of aromatic nitrogens is 1. The average Bonchev–Trinajstić information content (AvgIpc) is 2.15. The minimum Gasteiger partial charge on any atom is -0.394 e. The van der Waals surface area contributed by atoms with Crippen molar-refractivity contribution in [3.05, 3.63) is 29.3 Å². The molecule has 3 N–H and O–H groups in total. The van der Waals surface area contributed by atoms with E-state index >= 15 is 0 Å². The summed E-state index contributed by atoms with van der Waals surface area (Å²) in [6, 6.07) is 1.20. The highest BCUT2D eigenvalue weighted by molar-refractivity contribution is 5.21. The summed E-state index contributed by atoms with van der Waals surface area (Å²) in [5, 5.41) is 27.2. The number of hydrogen-bond donors (Lipinski definition) is 3. The Bertz CT molecular complexity index is 319. The van der Waals surface area contributed by atoms with Gasteiger partial charge in [0, 0.05) is 0 Å². The summed E-state index contributed by atoms with van der Waals surface area (Å²) in [6.07, 6.45) is -1.64. The molecule has 0 saturated carbocycles. The van der Waals surface area contributed by atoms with Crippen LogP contribution in [0.1, 0.15) is 17.4 Å². The molecule has 2 atom stereocenters. The Morgan fingerprint density at radius 1 is 1.50 bits per heavy atom. The van der Waals surface area contributed by atoms with E-state index in [1.165, 1.54) is 6.07 Å². The highest BCUT2D eigenvalue weighted by atomic mass is 19.1. The fourth-order valence-corrected chi connectivity index (χ4v) is 1.14. The highest BCUT2D eigenvalue weighted by Crippen LogP contribution is 2.18. The van der Waals surface area contributed by atoms with Gasteiger partial charge in [-0.3, -0.25) is 4.98 Å². The lowest BCUT2D eigenvalue weighted by Crippen LogP contribution is -2.23. The SMILES string of the molecule is Cc1cc(F)cnc1C(O)C(O)CO. The molecule has 1 heterocycles. The Labute approximate surface area is 80.7 Å². The zero-order valence-corrected chi connectivity index (χ0v) is 7.68. The first-order valence-corrected chi connectivity index (χ1v) is 4.15. The largest absolute Gasteiger partial charge is 0.394 e. The van der Waals surface area contributed by atoms with Crippen LogP contribution in [0.4, 0.5) is 4.39 Å². The van der Waals surface area contributed by atoms with Crippen molar-refractivity contribution in [1.82, 2.24) is 4.98 Å². The van der Waals surface area contributed by atoms with Gasteiger partial charge >= 0.3 is 0 Å². The van der Waals surface area contributed by atoms with E-state index in [0.29, 0.717) is 5.56 Å². The van der Waals surface area contributed by atoms with Gasteiger partial charge in [0.15, 0.2) is 0 Å². The summed E-state index contributed by atoms with van der Waals surface area (Å²) in [5.41, 5.74) is 0.609. The summed E-state index contributed by atoms with van der Waals surface area (Å²) in [5.74, 6) is -0.503. The lowest BCUT2D eigenvalue weighted by Gasteiger charge is -2.16. The number of halogens is 1. The van der Waals surface area contributed by atoms with E-state index in [-0.39, 0.29) is 5.69 Å². The normalized spacial score (nSPS) is 15.2. The van der Waals surface area contributed by atoms with Crippen LogP contribution >= 0.6 is 0 Å². The van der Waals surface area contributed by atoms with Gasteiger partial charge in [0.2, 0.25) is 0 Å². The summed E-state index contributed by atoms with van der Waals surface area (Å²) >= 11 is 0. The van der Waals surface area contributed by atoms with Gasteiger partial charge in [0.1, 0.15) is 18.0 Å². The second kappa shape index (κ2) is 4.45. The van der Waals surface area contributed by atoms with E-state index in [4.69, 9.17) is 10.2 Å². The van der Waals surface area contributed by atoms with Crippen molar-refractivity contribution in [1.29, 1.82) is 0 Å². The number of aryl methyl sites for hydroxylation is 1. The molecule has 0 aliphatic carbocycles. The Balaban J connectivity index is 2.95. The van der Waals surface area contributed by atoms with Crippen LogP contribution in [0.2, 0.25) is 0 Å². The molecule has 0 spiro atoms. The number of hydrogen-bond acceptors (Lipinski definition) is 4. The van der Waals surface area contributed by atoms with Crippen LogP contribution < -0.4 is 0 Å². The second-order valence-electron chi connectivity index (χ2n) is 3.05. The Morgan fingerprint density at radius 2 is 2.14 bits per heavy atom. The molecule has 4 nitrogen and oxygen atoms in total. The molecule has 1 rings (SSSR count). The fraction of sp³-hybridized carbons (Fsp3) is 0.444. The molecule has 5 heteroatoms. The molecule has 0 radical (unpaired) electrons. The first-order chi connectivity index (χ1) is 6.56. The maximum atomic E-state index is 12.6. The molecule has 2 unspecified atom stereocenters. The van der Waals surface area contributed by atoms with Crippen molar-refractivity contribution in [2.24, 2.45) is 0 Å². The quantitative estimate of drug-likeness (QED) is 0.639. The second-order valence-corrected chi connectivity index (χ2v) is 3.05. The fourth-order valence-electron chi connectivity index (χ4n) is 1.14. The standard InChI is InChI=1S/C9H12FNO3/c1-5-2-6(10)3-11-8(5)9(14)7(13)4-12/h2-3,7,9,12-14H,4H2,1H3. The molecular weight excluding hydrogens is 189 g/mol. The molecule has 0 aliphatic heterocycles. The molecule has 0 aromatic carbocycles. The number of rotatable bonds is 3. The number of aliphatic hydroxyl groups is 3. The smallest absolute Gasteiger partial charge is 0.141 e. The number of nitrogens with zero attached hydrogens (tertiary/aromatic N) is 1. The van der Waals surface area contributed by atoms with E-state index in [9.17, 15) is 9.50 Å². The molecule has 14 heavy (non-hydrogen) atoms. The van der Waals surface area contributed by atoms with E-state index < -0.39 is 24.6 Å². The van der Waals surface area contributed by atoms with Crippen LogP contribution in [0.5, 0.6) is 0 Å². The monoisotopic (exact) mass is 201 g/mol. The van der Waals surface area contributed by atoms with Crippen molar-refractivity contribution >= 4 is 0 Å². The molecule has 0 saturated heterocycles. The lowest BCUT2D eigenvalue weighted by atomic mass is 10.1. The molecule has 0 aliphatic rings. The lowest BCUT2D eigenvalue weighted by molar-refractivity contribution is -0.0176. The first-order valence-electron chi connectivity index (χ1n) is 4.15. The average molecular weight is 201 g/mol. The van der Waals surface area contributed by atoms with Crippen molar-refractivity contribution < 1.29 is 19.7 Å². The Hall–Kier alpha value is -1.04. The Morgan fingerprint density at radius 3 is 2.64 bits per heavy atom. The summed E-state index contributed by atoms with van der Waals surface area (Å²) in [7, 11) is 0. The van der Waals surface area contributed by atoms with Gasteiger partial charge in [0.25, 0.3) is 0 Å². The zero-order valence-electron chi connectivity index (χ0n) is 7.68. The molecular formula is C9H12FNO3. The van der Waals surface area contributed by atoms with Gasteiger partial charge in [-0.05, 0) is 18.6 Å². The van der Waals surface area contributed by atoms with Crippen LogP contribution in [-0.2, 0) is 0 Å². The molecule has 1 aromatic heterocycles. The van der Waals surface area contributed by atoms with Crippen LogP contribution in [0.25, 0.3) is 0 Å². The van der Waals surface area contributed by atoms with E-state index in [1.54, 1.807) is 6.92 Å².